The summed E-state index contributed by atoms with van der Waals surface area (Å²) in [4.78, 5) is 16.0. The summed E-state index contributed by atoms with van der Waals surface area (Å²) in [7, 11) is -0.903. The van der Waals surface area contributed by atoms with E-state index in [4.69, 9.17) is 0 Å². The SMILES string of the molecule is CC(CS(C)=O)n1c(C2CC2)nc2c(C(=O)O)cccc21. The average Bonchev–Trinajstić information content (AvgIpc) is 3.17. The maximum Gasteiger partial charge on any atom is 0.337 e. The van der Waals surface area contributed by atoms with Gasteiger partial charge in [0, 0.05) is 34.8 Å². The highest BCUT2D eigenvalue weighted by Gasteiger charge is 2.32. The van der Waals surface area contributed by atoms with Gasteiger partial charge in [-0.2, -0.15) is 0 Å². The van der Waals surface area contributed by atoms with Gasteiger partial charge in [-0.15, -0.1) is 0 Å². The molecule has 1 aromatic carbocycles. The summed E-state index contributed by atoms with van der Waals surface area (Å²) in [5, 5.41) is 9.32. The van der Waals surface area contributed by atoms with Crippen LogP contribution in [0.3, 0.4) is 0 Å². The third-order valence-electron chi connectivity index (χ3n) is 3.84. The molecular formula is C15H18N2O3S. The largest absolute Gasteiger partial charge is 0.478 e. The van der Waals surface area contributed by atoms with Crippen LogP contribution in [0.1, 0.15) is 47.9 Å². The van der Waals surface area contributed by atoms with Gasteiger partial charge in [0.2, 0.25) is 0 Å². The fourth-order valence-corrected chi connectivity index (χ4v) is 3.64. The second kappa shape index (κ2) is 5.26. The maximum atomic E-state index is 11.5. The summed E-state index contributed by atoms with van der Waals surface area (Å²) in [6.45, 7) is 2.02. The van der Waals surface area contributed by atoms with E-state index in [0.717, 1.165) is 24.2 Å². The minimum atomic E-state index is -0.959. The zero-order valence-electron chi connectivity index (χ0n) is 12.1. The van der Waals surface area contributed by atoms with Crippen molar-refractivity contribution < 1.29 is 14.1 Å². The van der Waals surface area contributed by atoms with Crippen LogP contribution in [-0.4, -0.2) is 36.8 Å². The minimum Gasteiger partial charge on any atom is -0.478 e. The van der Waals surface area contributed by atoms with Gasteiger partial charge in [0.1, 0.15) is 11.3 Å². The molecule has 1 aliphatic rings. The number of imidazole rings is 1. The molecule has 1 saturated carbocycles. The fourth-order valence-electron chi connectivity index (χ4n) is 2.81. The van der Waals surface area contributed by atoms with E-state index in [0.29, 0.717) is 17.2 Å². The van der Waals surface area contributed by atoms with Gasteiger partial charge in [0.25, 0.3) is 0 Å². The molecule has 112 valence electrons. The van der Waals surface area contributed by atoms with Crippen molar-refractivity contribution >= 4 is 27.8 Å². The Hall–Kier alpha value is -1.69. The van der Waals surface area contributed by atoms with Crippen LogP contribution >= 0.6 is 0 Å². The number of benzene rings is 1. The number of hydrogen-bond acceptors (Lipinski definition) is 3. The minimum absolute atomic E-state index is 0.0421. The number of fused-ring (bicyclic) bond motifs is 1. The van der Waals surface area contributed by atoms with Crippen molar-refractivity contribution in [2.24, 2.45) is 0 Å². The van der Waals surface area contributed by atoms with Gasteiger partial charge in [-0.05, 0) is 31.9 Å². The normalized spacial score (nSPS) is 17.8. The lowest BCUT2D eigenvalue weighted by Crippen LogP contribution is -2.15. The standard InChI is InChI=1S/C15H18N2O3S/c1-9(8-21(2)20)17-12-5-3-4-11(15(18)19)13(12)16-14(17)10-6-7-10/h3-5,9-10H,6-8H2,1-2H3,(H,18,19). The number of carbonyl (C=O) groups is 1. The molecule has 0 saturated heterocycles. The smallest absolute Gasteiger partial charge is 0.337 e. The molecule has 1 aromatic heterocycles. The first-order valence-electron chi connectivity index (χ1n) is 7.03. The summed E-state index contributed by atoms with van der Waals surface area (Å²) in [6.07, 6.45) is 3.87. The number of hydrogen-bond donors (Lipinski definition) is 1. The van der Waals surface area contributed by atoms with Crippen LogP contribution in [0.25, 0.3) is 11.0 Å². The highest BCUT2D eigenvalue weighted by molar-refractivity contribution is 7.84. The van der Waals surface area contributed by atoms with Gasteiger partial charge >= 0.3 is 5.97 Å². The molecule has 3 rings (SSSR count). The Balaban J connectivity index is 2.20. The molecule has 2 atom stereocenters. The molecule has 1 fully saturated rings. The van der Waals surface area contributed by atoms with Crippen LogP contribution in [0.4, 0.5) is 0 Å². The summed E-state index contributed by atoms with van der Waals surface area (Å²) >= 11 is 0. The van der Waals surface area contributed by atoms with E-state index < -0.39 is 16.8 Å². The molecule has 0 bridgehead atoms. The quantitative estimate of drug-likeness (QED) is 0.921. The molecule has 0 spiro atoms. The molecule has 2 aromatic rings. The first-order chi connectivity index (χ1) is 9.99. The predicted octanol–water partition coefficient (Wildman–Crippen LogP) is 2.55. The molecule has 0 amide bonds. The summed E-state index contributed by atoms with van der Waals surface area (Å²) in [5.41, 5.74) is 1.60. The summed E-state index contributed by atoms with van der Waals surface area (Å²) < 4.78 is 13.6. The van der Waals surface area contributed by atoms with Crippen LogP contribution < -0.4 is 0 Å². The van der Waals surface area contributed by atoms with Crippen molar-refractivity contribution in [3.05, 3.63) is 29.6 Å². The first kappa shape index (κ1) is 14.3. The lowest BCUT2D eigenvalue weighted by atomic mass is 10.2. The third kappa shape index (κ3) is 2.60. The van der Waals surface area contributed by atoms with E-state index in [2.05, 4.69) is 9.55 Å². The van der Waals surface area contributed by atoms with Gasteiger partial charge in [-0.1, -0.05) is 6.07 Å². The van der Waals surface area contributed by atoms with E-state index in [1.54, 1.807) is 18.4 Å². The summed E-state index contributed by atoms with van der Waals surface area (Å²) in [6, 6.07) is 5.27. The van der Waals surface area contributed by atoms with Gasteiger partial charge in [-0.3, -0.25) is 4.21 Å². The van der Waals surface area contributed by atoms with Crippen LogP contribution in [0, 0.1) is 0 Å². The van der Waals surface area contributed by atoms with Crippen molar-refractivity contribution in [2.75, 3.05) is 12.0 Å². The van der Waals surface area contributed by atoms with Crippen molar-refractivity contribution in [2.45, 2.75) is 31.7 Å². The van der Waals surface area contributed by atoms with Crippen molar-refractivity contribution in [1.29, 1.82) is 0 Å². The van der Waals surface area contributed by atoms with Crippen LogP contribution in [0.5, 0.6) is 0 Å². The van der Waals surface area contributed by atoms with E-state index >= 15 is 0 Å². The number of aromatic carboxylic acids is 1. The number of carboxylic acids is 1. The molecule has 1 heterocycles. The van der Waals surface area contributed by atoms with E-state index in [1.807, 2.05) is 13.0 Å². The van der Waals surface area contributed by atoms with Gasteiger partial charge in [0.05, 0.1) is 11.1 Å². The van der Waals surface area contributed by atoms with Crippen molar-refractivity contribution in [3.8, 4) is 0 Å². The Morgan fingerprint density at radius 1 is 1.52 bits per heavy atom. The second-order valence-electron chi connectivity index (χ2n) is 5.68. The average molecular weight is 306 g/mol. The molecule has 21 heavy (non-hydrogen) atoms. The number of carboxylic acid groups (broad SMARTS) is 1. The number of aromatic nitrogens is 2. The number of nitrogens with zero attached hydrogens (tertiary/aromatic N) is 2. The Morgan fingerprint density at radius 2 is 2.24 bits per heavy atom. The van der Waals surface area contributed by atoms with Gasteiger partial charge in [0.15, 0.2) is 0 Å². The van der Waals surface area contributed by atoms with Crippen LogP contribution in [-0.2, 0) is 10.8 Å². The van der Waals surface area contributed by atoms with Crippen molar-refractivity contribution in [3.63, 3.8) is 0 Å². The molecule has 0 aliphatic heterocycles. The molecule has 5 nitrogen and oxygen atoms in total. The van der Waals surface area contributed by atoms with Crippen LogP contribution in [0.2, 0.25) is 0 Å². The lowest BCUT2D eigenvalue weighted by Gasteiger charge is -2.16. The number of rotatable bonds is 5. The molecule has 1 aliphatic carbocycles. The van der Waals surface area contributed by atoms with E-state index in [-0.39, 0.29) is 11.6 Å². The highest BCUT2D eigenvalue weighted by Crippen LogP contribution is 2.42. The Kier molecular flexibility index (Phi) is 3.57. The Morgan fingerprint density at radius 3 is 2.81 bits per heavy atom. The number of para-hydroxylation sites is 1. The predicted molar refractivity (Wildman–Crippen MR) is 82.3 cm³/mol. The lowest BCUT2D eigenvalue weighted by molar-refractivity contribution is 0.0699. The van der Waals surface area contributed by atoms with E-state index in [9.17, 15) is 14.1 Å². The third-order valence-corrected chi connectivity index (χ3v) is 4.79. The van der Waals surface area contributed by atoms with Gasteiger partial charge < -0.3 is 9.67 Å². The molecule has 1 N–H and O–H groups in total. The Labute approximate surface area is 125 Å². The van der Waals surface area contributed by atoms with Crippen LogP contribution in [0.15, 0.2) is 18.2 Å². The maximum absolute atomic E-state index is 11.5. The molecule has 6 heteroatoms. The zero-order valence-corrected chi connectivity index (χ0v) is 12.9. The molecule has 0 radical (unpaired) electrons. The topological polar surface area (TPSA) is 72.2 Å². The van der Waals surface area contributed by atoms with Gasteiger partial charge in [-0.25, -0.2) is 9.78 Å². The van der Waals surface area contributed by atoms with E-state index in [1.165, 1.54) is 0 Å². The highest BCUT2D eigenvalue weighted by atomic mass is 32.2. The zero-order chi connectivity index (χ0) is 15.1. The monoisotopic (exact) mass is 306 g/mol. The first-order valence-corrected chi connectivity index (χ1v) is 8.76. The second-order valence-corrected chi connectivity index (χ2v) is 7.16. The molecular weight excluding hydrogens is 288 g/mol. The molecule has 2 unspecified atom stereocenters. The summed E-state index contributed by atoms with van der Waals surface area (Å²) in [5.74, 6) is 0.936. The van der Waals surface area contributed by atoms with Crippen molar-refractivity contribution in [1.82, 2.24) is 9.55 Å². The Bertz CT molecular complexity index is 734. The fraction of sp³-hybridized carbons (Fsp3) is 0.467.